The molecule has 100 valence electrons. The summed E-state index contributed by atoms with van der Waals surface area (Å²) in [5.74, 6) is 0.0150. The van der Waals surface area contributed by atoms with Crippen molar-refractivity contribution in [2.45, 2.75) is 13.1 Å². The number of halogens is 3. The highest BCUT2D eigenvalue weighted by Gasteiger charge is 2.34. The van der Waals surface area contributed by atoms with Crippen LogP contribution in [-0.4, -0.2) is 15.4 Å². The molecule has 0 unspecified atom stereocenters. The van der Waals surface area contributed by atoms with Gasteiger partial charge in [0.2, 0.25) is 0 Å². The molecule has 0 aliphatic heterocycles. The Hall–Kier alpha value is -2.31. The van der Waals surface area contributed by atoms with Crippen molar-refractivity contribution < 1.29 is 13.2 Å². The number of alkyl halides is 3. The maximum atomic E-state index is 12.8. The van der Waals surface area contributed by atoms with Gasteiger partial charge in [0, 0.05) is 23.6 Å². The van der Waals surface area contributed by atoms with Gasteiger partial charge in [-0.05, 0) is 25.1 Å². The van der Waals surface area contributed by atoms with Gasteiger partial charge in [-0.1, -0.05) is 0 Å². The zero-order valence-electron chi connectivity index (χ0n) is 9.99. The smallest absolute Gasteiger partial charge is 0.384 e. The van der Waals surface area contributed by atoms with Crippen molar-refractivity contribution >= 4 is 5.84 Å². The average Bonchev–Trinajstić information content (AvgIpc) is 2.73. The second kappa shape index (κ2) is 4.42. The summed E-state index contributed by atoms with van der Waals surface area (Å²) in [7, 11) is 0. The molecule has 0 saturated heterocycles. The number of nitrogens with one attached hydrogen (secondary N) is 1. The number of nitrogens with two attached hydrogens (primary N) is 1. The lowest BCUT2D eigenvalue weighted by molar-refractivity contribution is -0.137. The average molecular weight is 268 g/mol. The minimum Gasteiger partial charge on any atom is -0.384 e. The van der Waals surface area contributed by atoms with Crippen LogP contribution in [-0.2, 0) is 6.18 Å². The van der Waals surface area contributed by atoms with Crippen LogP contribution in [0.4, 0.5) is 13.2 Å². The van der Waals surface area contributed by atoms with Crippen molar-refractivity contribution in [3.63, 3.8) is 0 Å². The minimum atomic E-state index is -4.54. The Kier molecular flexibility index (Phi) is 3.05. The fourth-order valence-electron chi connectivity index (χ4n) is 1.80. The highest BCUT2D eigenvalue weighted by atomic mass is 19.4. The monoisotopic (exact) mass is 268 g/mol. The highest BCUT2D eigenvalue weighted by molar-refractivity contribution is 5.97. The molecule has 4 nitrogen and oxygen atoms in total. The number of nitrogens with zero attached hydrogens (tertiary/aromatic N) is 2. The first kappa shape index (κ1) is 13.1. The Morgan fingerprint density at radius 2 is 2.05 bits per heavy atom. The fourth-order valence-corrected chi connectivity index (χ4v) is 1.80. The molecule has 0 spiro atoms. The number of hydrogen-bond acceptors (Lipinski definition) is 2. The van der Waals surface area contributed by atoms with E-state index in [2.05, 4.69) is 4.98 Å². The molecule has 1 aromatic carbocycles. The zero-order valence-corrected chi connectivity index (χ0v) is 9.99. The second-order valence-corrected chi connectivity index (χ2v) is 3.99. The molecule has 1 heterocycles. The summed E-state index contributed by atoms with van der Waals surface area (Å²) in [6.45, 7) is 1.73. The number of amidine groups is 1. The van der Waals surface area contributed by atoms with E-state index in [1.54, 1.807) is 23.9 Å². The van der Waals surface area contributed by atoms with Gasteiger partial charge in [-0.3, -0.25) is 5.41 Å². The predicted molar refractivity (Wildman–Crippen MR) is 64.3 cm³/mol. The minimum absolute atomic E-state index is 0.335. The molecule has 7 heteroatoms. The molecule has 0 fully saturated rings. The first-order valence-electron chi connectivity index (χ1n) is 5.36. The molecule has 2 aromatic rings. The topological polar surface area (TPSA) is 67.7 Å². The molecule has 0 saturated carbocycles. The summed E-state index contributed by atoms with van der Waals surface area (Å²) in [5, 5.41) is 7.28. The maximum absolute atomic E-state index is 12.8. The quantitative estimate of drug-likeness (QED) is 0.649. The molecule has 0 bridgehead atoms. The van der Waals surface area contributed by atoms with Crippen LogP contribution in [0, 0.1) is 12.3 Å². The van der Waals surface area contributed by atoms with Crippen molar-refractivity contribution in [2.24, 2.45) is 5.73 Å². The van der Waals surface area contributed by atoms with E-state index in [1.165, 1.54) is 12.1 Å². The number of benzene rings is 1. The van der Waals surface area contributed by atoms with Gasteiger partial charge in [-0.15, -0.1) is 0 Å². The summed E-state index contributed by atoms with van der Waals surface area (Å²) in [4.78, 5) is 3.99. The third-order valence-corrected chi connectivity index (χ3v) is 2.70. The molecule has 19 heavy (non-hydrogen) atoms. The largest absolute Gasteiger partial charge is 0.417 e. The van der Waals surface area contributed by atoms with E-state index in [0.717, 1.165) is 6.07 Å². The van der Waals surface area contributed by atoms with Crippen molar-refractivity contribution in [1.29, 1.82) is 5.41 Å². The molecule has 2 rings (SSSR count). The summed E-state index contributed by atoms with van der Waals surface area (Å²) in [5.41, 5.74) is 4.46. The van der Waals surface area contributed by atoms with Crippen LogP contribution in [0.2, 0.25) is 0 Å². The van der Waals surface area contributed by atoms with E-state index < -0.39 is 17.6 Å². The first-order chi connectivity index (χ1) is 8.80. The molecule has 1 aromatic heterocycles. The number of hydrogen-bond donors (Lipinski definition) is 2. The van der Waals surface area contributed by atoms with Crippen LogP contribution in [0.1, 0.15) is 17.0 Å². The van der Waals surface area contributed by atoms with Crippen molar-refractivity contribution in [3.8, 4) is 5.69 Å². The predicted octanol–water partition coefficient (Wildman–Crippen LogP) is 2.48. The Labute approximate surface area is 107 Å². The standard InChI is InChI=1S/C12H11F3N4/c1-7-18-4-5-19(7)8-2-3-10(12(13,14)15)9(6-8)11(16)17/h2-6H,1H3,(H3,16,17). The third kappa shape index (κ3) is 2.44. The molecule has 3 N–H and O–H groups in total. The summed E-state index contributed by atoms with van der Waals surface area (Å²) >= 11 is 0. The maximum Gasteiger partial charge on any atom is 0.417 e. The van der Waals surface area contributed by atoms with Gasteiger partial charge >= 0.3 is 6.18 Å². The first-order valence-corrected chi connectivity index (χ1v) is 5.36. The van der Waals surface area contributed by atoms with Crippen LogP contribution in [0.15, 0.2) is 30.6 Å². The number of imidazole rings is 1. The van der Waals surface area contributed by atoms with Crippen LogP contribution < -0.4 is 5.73 Å². The summed E-state index contributed by atoms with van der Waals surface area (Å²) in [6.07, 6.45) is -1.37. The SMILES string of the molecule is Cc1nccn1-c1ccc(C(F)(F)F)c(C(=N)N)c1. The second-order valence-electron chi connectivity index (χ2n) is 3.99. The molecule has 0 radical (unpaired) electrons. The van der Waals surface area contributed by atoms with Gasteiger partial charge in [0.25, 0.3) is 0 Å². The van der Waals surface area contributed by atoms with E-state index in [0.29, 0.717) is 11.5 Å². The molecule has 0 aliphatic rings. The van der Waals surface area contributed by atoms with Gasteiger partial charge in [-0.25, -0.2) is 4.98 Å². The van der Waals surface area contributed by atoms with Gasteiger partial charge in [0.1, 0.15) is 11.7 Å². The van der Waals surface area contributed by atoms with Crippen LogP contribution in [0.3, 0.4) is 0 Å². The van der Waals surface area contributed by atoms with Gasteiger partial charge < -0.3 is 10.3 Å². The molecule has 0 atom stereocenters. The highest BCUT2D eigenvalue weighted by Crippen LogP contribution is 2.33. The third-order valence-electron chi connectivity index (χ3n) is 2.70. The van der Waals surface area contributed by atoms with E-state index in [-0.39, 0.29) is 5.56 Å². The lowest BCUT2D eigenvalue weighted by Crippen LogP contribution is -2.19. The van der Waals surface area contributed by atoms with E-state index >= 15 is 0 Å². The number of aryl methyl sites for hydroxylation is 1. The zero-order chi connectivity index (χ0) is 14.2. The van der Waals surface area contributed by atoms with Crippen LogP contribution in [0.25, 0.3) is 5.69 Å². The Morgan fingerprint density at radius 3 is 2.53 bits per heavy atom. The summed E-state index contributed by atoms with van der Waals surface area (Å²) < 4.78 is 40.0. The Balaban J connectivity index is 2.61. The van der Waals surface area contributed by atoms with E-state index in [4.69, 9.17) is 11.1 Å². The number of nitrogen functional groups attached to an aromatic ring is 1. The number of aromatic nitrogens is 2. The molecular formula is C12H11F3N4. The molecule has 0 amide bonds. The fraction of sp³-hybridized carbons (Fsp3) is 0.167. The lowest BCUT2D eigenvalue weighted by atomic mass is 10.0. The van der Waals surface area contributed by atoms with Gasteiger partial charge in [-0.2, -0.15) is 13.2 Å². The van der Waals surface area contributed by atoms with E-state index in [9.17, 15) is 13.2 Å². The lowest BCUT2D eigenvalue weighted by Gasteiger charge is -2.14. The Morgan fingerprint density at radius 1 is 1.37 bits per heavy atom. The molecule has 0 aliphatic carbocycles. The number of rotatable bonds is 2. The Bertz CT molecular complexity index is 628. The molecular weight excluding hydrogens is 257 g/mol. The van der Waals surface area contributed by atoms with Crippen molar-refractivity contribution in [1.82, 2.24) is 9.55 Å². The summed E-state index contributed by atoms with van der Waals surface area (Å²) in [6, 6.07) is 3.48. The van der Waals surface area contributed by atoms with Gasteiger partial charge in [0.05, 0.1) is 5.56 Å². The van der Waals surface area contributed by atoms with Crippen LogP contribution >= 0.6 is 0 Å². The van der Waals surface area contributed by atoms with E-state index in [1.807, 2.05) is 0 Å². The van der Waals surface area contributed by atoms with Crippen LogP contribution in [0.5, 0.6) is 0 Å². The van der Waals surface area contributed by atoms with Crippen molar-refractivity contribution in [2.75, 3.05) is 0 Å². The normalized spacial score (nSPS) is 11.6. The van der Waals surface area contributed by atoms with Gasteiger partial charge in [0.15, 0.2) is 0 Å². The van der Waals surface area contributed by atoms with Crippen molar-refractivity contribution in [3.05, 3.63) is 47.5 Å².